The van der Waals surface area contributed by atoms with Crippen molar-refractivity contribution < 1.29 is 13.6 Å². The van der Waals surface area contributed by atoms with Gasteiger partial charge in [-0.2, -0.15) is 0 Å². The second-order valence-electron chi connectivity index (χ2n) is 15.6. The van der Waals surface area contributed by atoms with E-state index in [1.54, 1.807) is 0 Å². The van der Waals surface area contributed by atoms with Crippen molar-refractivity contribution in [1.29, 1.82) is 0 Å². The SMILES string of the molecule is CC(CCC(=O)O[Si](C)(C)C)C1CCC2C3CCC4CC(O[Si](C)(C)C)CCC4(C)C3CCC12C. The molecule has 35 heavy (non-hydrogen) atoms. The second-order valence-corrected chi connectivity index (χ2v) is 24.5. The summed E-state index contributed by atoms with van der Waals surface area (Å²) < 4.78 is 12.4. The maximum Gasteiger partial charge on any atom is 0.292 e. The zero-order chi connectivity index (χ0) is 25.8. The highest BCUT2D eigenvalue weighted by molar-refractivity contribution is 6.71. The van der Waals surface area contributed by atoms with Crippen molar-refractivity contribution in [3.05, 3.63) is 0 Å². The Morgan fingerprint density at radius 3 is 2.17 bits per heavy atom. The van der Waals surface area contributed by atoms with Crippen molar-refractivity contribution in [3.63, 3.8) is 0 Å². The third kappa shape index (κ3) is 5.82. The molecule has 0 saturated heterocycles. The smallest absolute Gasteiger partial charge is 0.292 e. The van der Waals surface area contributed by atoms with E-state index in [0.717, 1.165) is 36.0 Å². The number of carbonyl (C=O) groups excluding carboxylic acids is 1. The van der Waals surface area contributed by atoms with E-state index < -0.39 is 16.6 Å². The molecule has 5 heteroatoms. The number of hydrogen-bond donors (Lipinski definition) is 0. The van der Waals surface area contributed by atoms with Gasteiger partial charge in [-0.3, -0.25) is 4.79 Å². The predicted molar refractivity (Wildman–Crippen MR) is 151 cm³/mol. The standard InChI is InChI=1S/C30H56O3Si2/c1-21(10-15-28(31)33-35(7,8)9)25-13-14-26-24-12-11-22-20-23(32-34(4,5)6)16-18-29(22,2)27(24)17-19-30(25,26)3/h21-27H,10-20H2,1-9H3. The summed E-state index contributed by atoms with van der Waals surface area (Å²) >= 11 is 0. The fraction of sp³-hybridized carbons (Fsp3) is 0.967. The van der Waals surface area contributed by atoms with Gasteiger partial charge in [0, 0.05) is 12.5 Å². The molecule has 4 aliphatic rings. The zero-order valence-corrected chi connectivity index (χ0v) is 26.5. The highest BCUT2D eigenvalue weighted by Crippen LogP contribution is 2.68. The molecule has 0 bridgehead atoms. The maximum absolute atomic E-state index is 12.4. The normalized spacial score (nSPS) is 42.5. The minimum absolute atomic E-state index is 0.0411. The van der Waals surface area contributed by atoms with Gasteiger partial charge in [0.05, 0.1) is 0 Å². The maximum atomic E-state index is 12.4. The molecule has 4 saturated carbocycles. The van der Waals surface area contributed by atoms with Crippen LogP contribution in [0.3, 0.4) is 0 Å². The molecule has 0 aromatic heterocycles. The topological polar surface area (TPSA) is 35.5 Å². The molecule has 4 rings (SSSR count). The number of fused-ring (bicyclic) bond motifs is 5. The van der Waals surface area contributed by atoms with Gasteiger partial charge < -0.3 is 8.85 Å². The molecule has 202 valence electrons. The lowest BCUT2D eigenvalue weighted by atomic mass is 9.44. The number of hydrogen-bond acceptors (Lipinski definition) is 3. The van der Waals surface area contributed by atoms with E-state index in [1.165, 1.54) is 57.8 Å². The molecule has 9 atom stereocenters. The van der Waals surface area contributed by atoms with Gasteiger partial charge in [0.2, 0.25) is 8.32 Å². The molecule has 0 aromatic carbocycles. The summed E-state index contributed by atoms with van der Waals surface area (Å²) in [7, 11) is -3.24. The average Bonchev–Trinajstić information content (AvgIpc) is 3.07. The Labute approximate surface area is 219 Å². The highest BCUT2D eigenvalue weighted by Gasteiger charge is 2.60. The van der Waals surface area contributed by atoms with E-state index in [-0.39, 0.29) is 5.97 Å². The molecule has 3 nitrogen and oxygen atoms in total. The summed E-state index contributed by atoms with van der Waals surface area (Å²) in [5, 5.41) is 0. The van der Waals surface area contributed by atoms with Crippen LogP contribution in [0.15, 0.2) is 0 Å². The summed E-state index contributed by atoms with van der Waals surface area (Å²) in [5.74, 6) is 5.07. The van der Waals surface area contributed by atoms with Crippen LogP contribution in [0.4, 0.5) is 0 Å². The van der Waals surface area contributed by atoms with Gasteiger partial charge >= 0.3 is 0 Å². The molecule has 0 aromatic rings. The Morgan fingerprint density at radius 2 is 1.51 bits per heavy atom. The van der Waals surface area contributed by atoms with Crippen LogP contribution in [0.1, 0.15) is 91.4 Å². The summed E-state index contributed by atoms with van der Waals surface area (Å²) in [4.78, 5) is 12.4. The van der Waals surface area contributed by atoms with E-state index in [0.29, 0.717) is 29.3 Å². The first kappa shape index (κ1) is 27.9. The van der Waals surface area contributed by atoms with Gasteiger partial charge in [0.1, 0.15) is 0 Å². The Kier molecular flexibility index (Phi) is 7.87. The van der Waals surface area contributed by atoms with Gasteiger partial charge in [0.25, 0.3) is 5.97 Å². The average molecular weight is 521 g/mol. The van der Waals surface area contributed by atoms with Crippen LogP contribution in [-0.4, -0.2) is 28.7 Å². The van der Waals surface area contributed by atoms with Gasteiger partial charge in [0.15, 0.2) is 8.32 Å². The summed E-state index contributed by atoms with van der Waals surface area (Å²) in [5.41, 5.74) is 1.01. The monoisotopic (exact) mass is 520 g/mol. The Balaban J connectivity index is 1.39. The fourth-order valence-electron chi connectivity index (χ4n) is 9.74. The van der Waals surface area contributed by atoms with E-state index in [9.17, 15) is 4.79 Å². The van der Waals surface area contributed by atoms with Gasteiger partial charge in [-0.25, -0.2) is 0 Å². The summed E-state index contributed by atoms with van der Waals surface area (Å²) in [6.07, 6.45) is 14.6. The molecule has 0 heterocycles. The molecule has 0 aliphatic heterocycles. The quantitative estimate of drug-likeness (QED) is 0.315. The predicted octanol–water partition coefficient (Wildman–Crippen LogP) is 8.66. The van der Waals surface area contributed by atoms with Crippen molar-refractivity contribution in [3.8, 4) is 0 Å². The second kappa shape index (κ2) is 9.87. The molecule has 0 radical (unpaired) electrons. The third-order valence-electron chi connectivity index (χ3n) is 11.1. The number of carbonyl (C=O) groups is 1. The molecule has 4 aliphatic carbocycles. The van der Waals surface area contributed by atoms with Crippen LogP contribution in [0, 0.1) is 46.3 Å². The number of rotatable bonds is 7. The molecule has 0 N–H and O–H groups in total. The van der Waals surface area contributed by atoms with Crippen molar-refractivity contribution >= 4 is 22.6 Å². The largest absolute Gasteiger partial charge is 0.520 e. The van der Waals surface area contributed by atoms with Crippen LogP contribution in [0.2, 0.25) is 39.3 Å². The first-order valence-corrected chi connectivity index (χ1v) is 21.8. The van der Waals surface area contributed by atoms with Gasteiger partial charge in [-0.05, 0) is 150 Å². The van der Waals surface area contributed by atoms with Crippen LogP contribution in [-0.2, 0) is 13.6 Å². The van der Waals surface area contributed by atoms with Crippen molar-refractivity contribution in [1.82, 2.24) is 0 Å². The molecule has 0 amide bonds. The minimum atomic E-state index is -1.78. The van der Waals surface area contributed by atoms with E-state index in [4.69, 9.17) is 8.85 Å². The molecule has 4 fully saturated rings. The van der Waals surface area contributed by atoms with Crippen LogP contribution < -0.4 is 0 Å². The zero-order valence-electron chi connectivity index (χ0n) is 24.5. The van der Waals surface area contributed by atoms with Crippen molar-refractivity contribution in [2.24, 2.45) is 46.3 Å². The van der Waals surface area contributed by atoms with E-state index in [2.05, 4.69) is 60.1 Å². The van der Waals surface area contributed by atoms with Crippen LogP contribution in [0.5, 0.6) is 0 Å². The Hall–Kier alpha value is -0.136. The van der Waals surface area contributed by atoms with Crippen molar-refractivity contribution in [2.45, 2.75) is 137 Å². The van der Waals surface area contributed by atoms with Gasteiger partial charge in [-0.15, -0.1) is 0 Å². The minimum Gasteiger partial charge on any atom is -0.520 e. The first-order chi connectivity index (χ1) is 16.1. The van der Waals surface area contributed by atoms with E-state index in [1.807, 2.05) is 0 Å². The summed E-state index contributed by atoms with van der Waals surface area (Å²) in [6.45, 7) is 21.1. The highest BCUT2D eigenvalue weighted by atomic mass is 28.4. The lowest BCUT2D eigenvalue weighted by molar-refractivity contribution is -0.136. The van der Waals surface area contributed by atoms with Crippen LogP contribution >= 0.6 is 0 Å². The Morgan fingerprint density at radius 1 is 0.857 bits per heavy atom. The molecular formula is C30H56O3Si2. The molecular weight excluding hydrogens is 464 g/mol. The Bertz CT molecular complexity index is 771. The van der Waals surface area contributed by atoms with Crippen LogP contribution in [0.25, 0.3) is 0 Å². The fourth-order valence-corrected chi connectivity index (χ4v) is 11.7. The summed E-state index contributed by atoms with van der Waals surface area (Å²) in [6, 6.07) is 0. The molecule has 0 spiro atoms. The lowest BCUT2D eigenvalue weighted by Gasteiger charge is -2.61. The first-order valence-electron chi connectivity index (χ1n) is 15.0. The lowest BCUT2D eigenvalue weighted by Crippen LogP contribution is -2.54. The van der Waals surface area contributed by atoms with E-state index >= 15 is 0 Å². The van der Waals surface area contributed by atoms with Crippen molar-refractivity contribution in [2.75, 3.05) is 0 Å². The van der Waals surface area contributed by atoms with Gasteiger partial charge in [-0.1, -0.05) is 20.8 Å². The third-order valence-corrected chi connectivity index (χ3v) is 13.0. The molecule has 9 unspecified atom stereocenters.